The van der Waals surface area contributed by atoms with Crippen molar-refractivity contribution >= 4 is 44.7 Å². The number of thiophene rings is 1. The van der Waals surface area contributed by atoms with Gasteiger partial charge in [-0.05, 0) is 56.5 Å². The van der Waals surface area contributed by atoms with Gasteiger partial charge in [0.2, 0.25) is 5.91 Å². The van der Waals surface area contributed by atoms with Crippen molar-refractivity contribution in [2.24, 2.45) is 0 Å². The van der Waals surface area contributed by atoms with Gasteiger partial charge in [0.05, 0.1) is 10.6 Å². The number of benzene rings is 1. The van der Waals surface area contributed by atoms with E-state index in [1.165, 1.54) is 18.3 Å². The summed E-state index contributed by atoms with van der Waals surface area (Å²) in [5.41, 5.74) is 3.22. The van der Waals surface area contributed by atoms with E-state index in [9.17, 15) is 9.59 Å². The van der Waals surface area contributed by atoms with Gasteiger partial charge in [-0.2, -0.15) is 0 Å². The second-order valence-electron chi connectivity index (χ2n) is 6.89. The summed E-state index contributed by atoms with van der Waals surface area (Å²) in [5.74, 6) is 1.10. The molecule has 1 aliphatic rings. The van der Waals surface area contributed by atoms with Crippen molar-refractivity contribution in [3.8, 4) is 0 Å². The molecule has 27 heavy (non-hydrogen) atoms. The molecule has 2 N–H and O–H groups in total. The largest absolute Gasteiger partial charge is 0.326 e. The topological polar surface area (TPSA) is 84.0 Å². The van der Waals surface area contributed by atoms with Gasteiger partial charge in [-0.25, -0.2) is 9.97 Å². The molecule has 0 aliphatic heterocycles. The van der Waals surface area contributed by atoms with Crippen LogP contribution in [-0.2, 0) is 4.79 Å². The highest BCUT2D eigenvalue weighted by Crippen LogP contribution is 2.40. The predicted molar refractivity (Wildman–Crippen MR) is 108 cm³/mol. The van der Waals surface area contributed by atoms with Crippen molar-refractivity contribution in [2.45, 2.75) is 39.5 Å². The van der Waals surface area contributed by atoms with Crippen LogP contribution in [0.5, 0.6) is 0 Å². The molecular formula is C20H20N4O2S. The maximum Gasteiger partial charge on any atom is 0.266 e. The monoisotopic (exact) mass is 380 g/mol. The van der Waals surface area contributed by atoms with Gasteiger partial charge in [0.15, 0.2) is 0 Å². The number of carbonyl (C=O) groups excluding carboxylic acids is 2. The number of aryl methyl sites for hydroxylation is 2. The van der Waals surface area contributed by atoms with Gasteiger partial charge in [-0.15, -0.1) is 11.3 Å². The van der Waals surface area contributed by atoms with E-state index in [2.05, 4.69) is 15.6 Å². The highest BCUT2D eigenvalue weighted by Gasteiger charge is 2.28. The number of amides is 2. The molecule has 0 saturated heterocycles. The molecule has 6 nitrogen and oxygen atoms in total. The Balaban J connectivity index is 1.59. The van der Waals surface area contributed by atoms with E-state index in [0.717, 1.165) is 40.1 Å². The zero-order valence-electron chi connectivity index (χ0n) is 15.4. The second kappa shape index (κ2) is 6.74. The molecule has 2 amide bonds. The maximum atomic E-state index is 12.8. The fraction of sp³-hybridized carbons (Fsp3) is 0.300. The summed E-state index contributed by atoms with van der Waals surface area (Å²) in [5, 5.41) is 6.61. The van der Waals surface area contributed by atoms with E-state index >= 15 is 0 Å². The number of aromatic nitrogens is 2. The fourth-order valence-corrected chi connectivity index (χ4v) is 4.26. The van der Waals surface area contributed by atoms with E-state index in [1.54, 1.807) is 24.3 Å². The lowest BCUT2D eigenvalue weighted by molar-refractivity contribution is -0.114. The maximum absolute atomic E-state index is 12.8. The zero-order valence-corrected chi connectivity index (χ0v) is 16.2. The quantitative estimate of drug-likeness (QED) is 0.703. The smallest absolute Gasteiger partial charge is 0.266 e. The molecule has 2 heterocycles. The number of fused-ring (bicyclic) bond motifs is 1. The number of nitrogens with one attached hydrogen (secondary N) is 2. The van der Waals surface area contributed by atoms with Crippen LogP contribution < -0.4 is 10.6 Å². The third-order valence-electron chi connectivity index (χ3n) is 4.60. The minimum atomic E-state index is -0.157. The van der Waals surface area contributed by atoms with Crippen molar-refractivity contribution in [3.63, 3.8) is 0 Å². The van der Waals surface area contributed by atoms with Crippen LogP contribution in [0.15, 0.2) is 24.3 Å². The number of hydrogen-bond acceptors (Lipinski definition) is 5. The Hall–Kier alpha value is -2.80. The molecule has 138 valence electrons. The Morgan fingerprint density at radius 1 is 1.04 bits per heavy atom. The Kier molecular flexibility index (Phi) is 4.39. The number of nitrogens with zero attached hydrogens (tertiary/aromatic N) is 2. The SMILES string of the molecule is CC(=O)Nc1ccc(NC(=O)c2sc3nc(C4CC4)nc(C)c3c2C)cc1. The molecule has 2 aromatic heterocycles. The summed E-state index contributed by atoms with van der Waals surface area (Å²) in [6.45, 7) is 5.39. The first-order chi connectivity index (χ1) is 12.9. The Labute approximate surface area is 161 Å². The van der Waals surface area contributed by atoms with Crippen LogP contribution in [0.2, 0.25) is 0 Å². The molecule has 0 bridgehead atoms. The summed E-state index contributed by atoms with van der Waals surface area (Å²) in [7, 11) is 0. The van der Waals surface area contributed by atoms with Crippen LogP contribution in [0.3, 0.4) is 0 Å². The molecular weight excluding hydrogens is 360 g/mol. The van der Waals surface area contributed by atoms with Crippen LogP contribution in [0.25, 0.3) is 10.2 Å². The normalized spacial score (nSPS) is 13.6. The van der Waals surface area contributed by atoms with Crippen molar-refractivity contribution in [1.82, 2.24) is 9.97 Å². The summed E-state index contributed by atoms with van der Waals surface area (Å²) in [4.78, 5) is 34.8. The Morgan fingerprint density at radius 3 is 2.26 bits per heavy atom. The third-order valence-corrected chi connectivity index (χ3v) is 5.78. The van der Waals surface area contributed by atoms with Crippen LogP contribution in [0.4, 0.5) is 11.4 Å². The second-order valence-corrected chi connectivity index (χ2v) is 7.89. The lowest BCUT2D eigenvalue weighted by atomic mass is 10.1. The molecule has 1 aromatic carbocycles. The first-order valence-electron chi connectivity index (χ1n) is 8.89. The summed E-state index contributed by atoms with van der Waals surface area (Å²) < 4.78 is 0. The van der Waals surface area contributed by atoms with Crippen LogP contribution in [-0.4, -0.2) is 21.8 Å². The average Bonchev–Trinajstić information content (AvgIpc) is 3.40. The molecule has 1 fully saturated rings. The van der Waals surface area contributed by atoms with Gasteiger partial charge in [-0.1, -0.05) is 0 Å². The molecule has 3 aromatic rings. The number of carbonyl (C=O) groups is 2. The van der Waals surface area contributed by atoms with Crippen LogP contribution in [0.1, 0.15) is 52.4 Å². The Bertz CT molecular complexity index is 1050. The highest BCUT2D eigenvalue weighted by atomic mass is 32.1. The van der Waals surface area contributed by atoms with Crippen LogP contribution in [0, 0.1) is 13.8 Å². The van der Waals surface area contributed by atoms with Gasteiger partial charge in [0.25, 0.3) is 5.91 Å². The average molecular weight is 380 g/mol. The van der Waals surface area contributed by atoms with Crippen molar-refractivity contribution < 1.29 is 9.59 Å². The molecule has 4 rings (SSSR count). The molecule has 0 atom stereocenters. The molecule has 7 heteroatoms. The van der Waals surface area contributed by atoms with E-state index in [0.29, 0.717) is 22.2 Å². The molecule has 1 saturated carbocycles. The first-order valence-corrected chi connectivity index (χ1v) is 9.70. The van der Waals surface area contributed by atoms with Gasteiger partial charge in [0.1, 0.15) is 10.7 Å². The standard InChI is InChI=1S/C20H20N4O2S/c1-10-16-11(2)21-18(13-4-5-13)24-20(16)27-17(10)19(26)23-15-8-6-14(7-9-15)22-12(3)25/h6-9,13H,4-5H2,1-3H3,(H,22,25)(H,23,26). The minimum Gasteiger partial charge on any atom is -0.326 e. The van der Waals surface area contributed by atoms with E-state index in [-0.39, 0.29) is 11.8 Å². The van der Waals surface area contributed by atoms with E-state index in [1.807, 2.05) is 13.8 Å². The third kappa shape index (κ3) is 3.55. The lowest BCUT2D eigenvalue weighted by Gasteiger charge is -2.06. The minimum absolute atomic E-state index is 0.130. The number of anilines is 2. The Morgan fingerprint density at radius 2 is 1.67 bits per heavy atom. The molecule has 0 radical (unpaired) electrons. The number of hydrogen-bond donors (Lipinski definition) is 2. The zero-order chi connectivity index (χ0) is 19.1. The van der Waals surface area contributed by atoms with Crippen molar-refractivity contribution in [1.29, 1.82) is 0 Å². The number of rotatable bonds is 4. The van der Waals surface area contributed by atoms with E-state index in [4.69, 9.17) is 4.98 Å². The molecule has 0 spiro atoms. The highest BCUT2D eigenvalue weighted by molar-refractivity contribution is 7.20. The molecule has 1 aliphatic carbocycles. The summed E-state index contributed by atoms with van der Waals surface area (Å²) in [6.07, 6.45) is 2.30. The van der Waals surface area contributed by atoms with Crippen molar-refractivity contribution in [3.05, 3.63) is 46.2 Å². The fourth-order valence-electron chi connectivity index (χ4n) is 3.13. The van der Waals surface area contributed by atoms with Crippen molar-refractivity contribution in [2.75, 3.05) is 10.6 Å². The van der Waals surface area contributed by atoms with Gasteiger partial charge in [-0.3, -0.25) is 9.59 Å². The summed E-state index contributed by atoms with van der Waals surface area (Å²) >= 11 is 1.42. The lowest BCUT2D eigenvalue weighted by Crippen LogP contribution is -2.11. The predicted octanol–water partition coefficient (Wildman–Crippen LogP) is 4.40. The summed E-state index contributed by atoms with van der Waals surface area (Å²) in [6, 6.07) is 7.04. The van der Waals surface area contributed by atoms with Gasteiger partial charge < -0.3 is 10.6 Å². The van der Waals surface area contributed by atoms with Crippen LogP contribution >= 0.6 is 11.3 Å². The molecule has 0 unspecified atom stereocenters. The van der Waals surface area contributed by atoms with Gasteiger partial charge >= 0.3 is 0 Å². The van der Waals surface area contributed by atoms with Gasteiger partial charge in [0, 0.05) is 29.6 Å². The first kappa shape index (κ1) is 17.6. The van der Waals surface area contributed by atoms with E-state index < -0.39 is 0 Å².